The van der Waals surface area contributed by atoms with Crippen LogP contribution in [-0.2, 0) is 42.3 Å². The molecule has 0 atom stereocenters. The minimum atomic E-state index is -2.07. The van der Waals surface area contributed by atoms with Crippen LogP contribution in [0.15, 0.2) is 182 Å². The molecule has 0 radical (unpaired) electrons. The number of aromatic nitrogens is 6. The molecule has 0 fully saturated rings. The maximum atomic E-state index is 7.64. The summed E-state index contributed by atoms with van der Waals surface area (Å²) >= 11 is 0. The Hall–Kier alpha value is -9.78. The van der Waals surface area contributed by atoms with E-state index in [0.29, 0.717) is 5.56 Å². The van der Waals surface area contributed by atoms with E-state index in [0.717, 1.165) is 22.5 Å². The predicted molar refractivity (Wildman–Crippen MR) is 432 cm³/mol. The Morgan fingerprint density at radius 2 is 0.520 bits per heavy atom. The van der Waals surface area contributed by atoms with Crippen LogP contribution < -0.4 is 27.4 Å². The first kappa shape index (κ1) is 74.9. The molecule has 12 aromatic rings. The molecule has 6 heteroatoms. The second-order valence-electron chi connectivity index (χ2n) is 28.9. The number of benzene rings is 6. The van der Waals surface area contributed by atoms with Gasteiger partial charge in [-0.1, -0.05) is 96.1 Å². The van der Waals surface area contributed by atoms with Crippen molar-refractivity contribution in [3.63, 3.8) is 0 Å². The monoisotopic (exact) mass is 1360 g/mol. The van der Waals surface area contributed by atoms with E-state index in [1.165, 1.54) is 174 Å². The molecular formula is C96H120N6+6. The van der Waals surface area contributed by atoms with Crippen molar-refractivity contribution in [1.29, 1.82) is 0 Å². The van der Waals surface area contributed by atoms with Crippen molar-refractivity contribution in [3.8, 4) is 67.5 Å². The van der Waals surface area contributed by atoms with Gasteiger partial charge in [-0.3, -0.25) is 0 Å². The van der Waals surface area contributed by atoms with Crippen LogP contribution in [0, 0.1) is 166 Å². The maximum absolute atomic E-state index is 7.64. The molecule has 0 unspecified atom stereocenters. The maximum Gasteiger partial charge on any atom is 0.215 e. The molecule has 6 aromatic carbocycles. The minimum Gasteiger partial charge on any atom is -0.199 e. The summed E-state index contributed by atoms with van der Waals surface area (Å²) < 4.78 is 36.4. The average Bonchev–Trinajstić information content (AvgIpc) is 0.816. The van der Waals surface area contributed by atoms with Crippen LogP contribution in [0.1, 0.15) is 138 Å². The van der Waals surface area contributed by atoms with Crippen LogP contribution in [0.2, 0.25) is 0 Å². The van der Waals surface area contributed by atoms with Gasteiger partial charge in [-0.25, -0.2) is 0 Å². The van der Waals surface area contributed by atoms with Crippen LogP contribution in [0.3, 0.4) is 0 Å². The average molecular weight is 1360 g/mol. The Kier molecular flexibility index (Phi) is 25.5. The molecule has 0 aliphatic rings. The zero-order valence-electron chi connectivity index (χ0n) is 70.5. The van der Waals surface area contributed by atoms with Crippen LogP contribution in [0.25, 0.3) is 67.5 Å². The lowest BCUT2D eigenvalue weighted by molar-refractivity contribution is -0.667. The molecule has 0 bridgehead atoms. The van der Waals surface area contributed by atoms with E-state index in [-0.39, 0.29) is 0 Å². The highest BCUT2D eigenvalue weighted by Gasteiger charge is 2.24. The summed E-state index contributed by atoms with van der Waals surface area (Å²) in [4.78, 5) is 0. The molecule has 0 N–H and O–H groups in total. The Balaban J connectivity index is 0.000000176. The smallest absolute Gasteiger partial charge is 0.199 e. The number of rotatable bonds is 6. The summed E-state index contributed by atoms with van der Waals surface area (Å²) in [6, 6.07) is 64.6. The highest BCUT2D eigenvalue weighted by Crippen LogP contribution is 2.31. The largest absolute Gasteiger partial charge is 0.215 e. The standard InChI is InChI=1S/6C16H20N/c1-11-6-7-15(13(3)8-11)16-10-12(2)9-14(4)17(16)5;1-11-6-7-12(2)15(10-11)16-13(3)8-9-14(4)17(16)5;2*1-11-9-13(3)17(5)16(10-11)15-8-6-7-12(2)14(15)4;2*1-11-7-6-8-12(2)15(11)16-13(3)9-10-14(4)17(16)5/h6*6-10H,1-5H3/q6*+1/i;;2D3;;;. The van der Waals surface area contributed by atoms with Gasteiger partial charge in [-0.2, -0.15) is 27.4 Å². The fourth-order valence-electron chi connectivity index (χ4n) is 13.9. The zero-order valence-corrected chi connectivity index (χ0v) is 67.5. The lowest BCUT2D eigenvalue weighted by Gasteiger charge is -2.11. The first-order valence-corrected chi connectivity index (χ1v) is 36.0. The molecule has 528 valence electrons. The summed E-state index contributed by atoms with van der Waals surface area (Å²) in [5.41, 5.74) is 45.4. The molecule has 12 rings (SSSR count). The molecule has 0 aliphatic heterocycles. The quantitative estimate of drug-likeness (QED) is 0.148. The van der Waals surface area contributed by atoms with Crippen molar-refractivity contribution < 1.29 is 31.5 Å². The summed E-state index contributed by atoms with van der Waals surface area (Å²) in [6.45, 7) is 47.3. The third-order valence-electron chi connectivity index (χ3n) is 20.7. The first-order valence-electron chi connectivity index (χ1n) is 37.5. The number of pyridine rings is 6. The molecule has 6 aromatic heterocycles. The second-order valence-corrected chi connectivity index (χ2v) is 28.9. The third-order valence-corrected chi connectivity index (χ3v) is 20.7. The lowest BCUT2D eigenvalue weighted by Crippen LogP contribution is -2.35. The van der Waals surface area contributed by atoms with Crippen molar-refractivity contribution >= 4 is 0 Å². The van der Waals surface area contributed by atoms with Gasteiger partial charge >= 0.3 is 0 Å². The number of hydrogen-bond acceptors (Lipinski definition) is 0. The molecule has 6 heterocycles. The highest BCUT2D eigenvalue weighted by molar-refractivity contribution is 5.70. The van der Waals surface area contributed by atoms with Gasteiger partial charge in [0.1, 0.15) is 42.3 Å². The van der Waals surface area contributed by atoms with Gasteiger partial charge in [0.05, 0.1) is 11.1 Å². The van der Waals surface area contributed by atoms with Crippen molar-refractivity contribution in [2.45, 2.75) is 166 Å². The first-order chi connectivity index (χ1) is 49.2. The van der Waals surface area contributed by atoms with Crippen molar-refractivity contribution in [2.24, 2.45) is 42.3 Å². The fraction of sp³-hybridized carbons (Fsp3) is 0.312. The van der Waals surface area contributed by atoms with Gasteiger partial charge in [0.2, 0.25) is 34.2 Å². The Morgan fingerprint density at radius 1 is 0.206 bits per heavy atom. The molecular weight excluding hydrogens is 1240 g/mol. The van der Waals surface area contributed by atoms with Gasteiger partial charge in [-0.05, 0) is 239 Å². The molecule has 0 amide bonds. The van der Waals surface area contributed by atoms with E-state index in [9.17, 15) is 0 Å². The lowest BCUT2D eigenvalue weighted by atomic mass is 9.96. The van der Waals surface area contributed by atoms with Crippen molar-refractivity contribution in [1.82, 2.24) is 0 Å². The molecule has 0 saturated heterocycles. The van der Waals surface area contributed by atoms with Gasteiger partial charge in [0.25, 0.3) is 0 Å². The van der Waals surface area contributed by atoms with Crippen LogP contribution in [-0.4, -0.2) is 0 Å². The van der Waals surface area contributed by atoms with Crippen LogP contribution in [0.5, 0.6) is 0 Å². The van der Waals surface area contributed by atoms with E-state index in [1.807, 2.05) is 26.1 Å². The van der Waals surface area contributed by atoms with Crippen molar-refractivity contribution in [2.75, 3.05) is 0 Å². The zero-order chi connectivity index (χ0) is 78.0. The highest BCUT2D eigenvalue weighted by atomic mass is 15.0. The number of nitrogens with zero attached hydrogens (tertiary/aromatic N) is 6. The molecule has 102 heavy (non-hydrogen) atoms. The van der Waals surface area contributed by atoms with E-state index >= 15 is 0 Å². The Bertz CT molecular complexity index is 5020. The number of aryl methyl sites for hydroxylation is 22. The van der Waals surface area contributed by atoms with Gasteiger partial charge < -0.3 is 0 Å². The second kappa shape index (κ2) is 34.7. The summed E-state index contributed by atoms with van der Waals surface area (Å²) in [5.74, 6) is 0. The predicted octanol–water partition coefficient (Wildman–Crippen LogP) is 20.5. The minimum absolute atomic E-state index is 0.425. The van der Waals surface area contributed by atoms with Crippen molar-refractivity contribution in [3.05, 3.63) is 316 Å². The summed E-state index contributed by atoms with van der Waals surface area (Å²) in [6.07, 6.45) is 0. The van der Waals surface area contributed by atoms with E-state index in [2.05, 4.69) is 379 Å². The van der Waals surface area contributed by atoms with E-state index in [1.54, 1.807) is 6.07 Å². The molecule has 6 nitrogen and oxygen atoms in total. The topological polar surface area (TPSA) is 23.3 Å². The van der Waals surface area contributed by atoms with E-state index in [4.69, 9.17) is 4.11 Å². The third kappa shape index (κ3) is 18.8. The van der Waals surface area contributed by atoms with E-state index < -0.39 is 6.85 Å². The molecule has 0 saturated carbocycles. The van der Waals surface area contributed by atoms with Gasteiger partial charge in [0.15, 0.2) is 34.2 Å². The van der Waals surface area contributed by atoms with Gasteiger partial charge in [-0.15, -0.1) is 0 Å². The molecule has 0 aliphatic carbocycles. The normalized spacial score (nSPS) is 11.2. The summed E-state index contributed by atoms with van der Waals surface area (Å²) in [5, 5.41) is 0. The van der Waals surface area contributed by atoms with Crippen LogP contribution >= 0.6 is 0 Å². The van der Waals surface area contributed by atoms with Gasteiger partial charge in [0, 0.05) is 139 Å². The SMILES string of the molecule is Cc1cc(C)[n+](C)c(-c2cccc(C)c2C)c1.Cc1ccc(-c2cc(C)cc(C)[n+]2C)c(C)c1.Cc1ccc(C)c(-c2c(C)ccc(C)[n+]2C)c1.Cc1cccc(C)c1-c1c(C)ccc(C)[n+]1C.Cc1cccc(C)c1-c1c(C)ccc(C)[n+]1C.[2H]C([2H])([2H])c1cccc(-c2cc(C)cc(C)[n+]2C)c1C. The summed E-state index contributed by atoms with van der Waals surface area (Å²) in [7, 11) is 12.7. The number of hydrogen-bond donors (Lipinski definition) is 0. The molecule has 0 spiro atoms. The Labute approximate surface area is 620 Å². The fourth-order valence-corrected chi connectivity index (χ4v) is 13.9. The van der Waals surface area contributed by atoms with Crippen LogP contribution in [0.4, 0.5) is 0 Å². The Morgan fingerprint density at radius 3 is 0.912 bits per heavy atom.